The van der Waals surface area contributed by atoms with Crippen LogP contribution in [0, 0.1) is 11.3 Å². The van der Waals surface area contributed by atoms with Crippen LogP contribution < -0.4 is 9.80 Å². The van der Waals surface area contributed by atoms with Crippen LogP contribution in [-0.2, 0) is 17.5 Å². The number of hydrogen-bond donors (Lipinski definition) is 0. The fourth-order valence-electron chi connectivity index (χ4n) is 4.78. The van der Waals surface area contributed by atoms with E-state index in [-0.39, 0.29) is 29.2 Å². The summed E-state index contributed by atoms with van der Waals surface area (Å²) in [6.45, 7) is 3.24. The number of carbonyl (C=O) groups is 3. The van der Waals surface area contributed by atoms with Gasteiger partial charge in [0.05, 0.1) is 40.6 Å². The molecule has 1 saturated heterocycles. The molecule has 0 atom stereocenters. The van der Waals surface area contributed by atoms with E-state index in [9.17, 15) is 27.6 Å². The molecule has 0 aliphatic carbocycles. The molecule has 3 aromatic carbocycles. The van der Waals surface area contributed by atoms with Gasteiger partial charge in [-0.2, -0.15) is 18.4 Å². The third-order valence-corrected chi connectivity index (χ3v) is 7.13. The highest BCUT2D eigenvalue weighted by Crippen LogP contribution is 2.39. The van der Waals surface area contributed by atoms with Crippen molar-refractivity contribution < 1.29 is 27.6 Å². The minimum absolute atomic E-state index is 0.0315. The van der Waals surface area contributed by atoms with Crippen LogP contribution >= 0.6 is 12.2 Å². The van der Waals surface area contributed by atoms with Gasteiger partial charge in [-0.05, 0) is 74.1 Å². The second-order valence-corrected chi connectivity index (χ2v) is 9.93. The maximum atomic E-state index is 13.6. The lowest BCUT2D eigenvalue weighted by Crippen LogP contribution is -2.44. The van der Waals surface area contributed by atoms with Crippen molar-refractivity contribution in [3.8, 4) is 6.07 Å². The summed E-state index contributed by atoms with van der Waals surface area (Å²) < 4.78 is 40.7. The van der Waals surface area contributed by atoms with Crippen LogP contribution in [0.4, 0.5) is 24.5 Å². The fraction of sp³-hybridized carbons (Fsp3) is 0.179. The van der Waals surface area contributed by atoms with Crippen molar-refractivity contribution in [1.82, 2.24) is 4.90 Å². The first-order valence-corrected chi connectivity index (χ1v) is 12.1. The van der Waals surface area contributed by atoms with Crippen LogP contribution in [0.15, 0.2) is 66.7 Å². The molecule has 39 heavy (non-hydrogen) atoms. The summed E-state index contributed by atoms with van der Waals surface area (Å²) in [5.41, 5.74) is -1.22. The van der Waals surface area contributed by atoms with Crippen molar-refractivity contribution in [2.24, 2.45) is 0 Å². The SMILES string of the molecule is CC1(C)C(=O)N(c2ccc(C#N)c(C(F)(F)F)c2)C(=S)N1c1ccc(CN2C(=O)c3ccccc3C2=O)cc1. The Bertz CT molecular complexity index is 1570. The van der Waals surface area contributed by atoms with E-state index in [1.807, 2.05) is 0 Å². The summed E-state index contributed by atoms with van der Waals surface area (Å²) in [5.74, 6) is -1.31. The number of rotatable bonds is 4. The van der Waals surface area contributed by atoms with Crippen molar-refractivity contribution in [2.45, 2.75) is 32.1 Å². The summed E-state index contributed by atoms with van der Waals surface area (Å²) in [6.07, 6.45) is -4.80. The van der Waals surface area contributed by atoms with Crippen LogP contribution in [0.1, 0.15) is 51.3 Å². The molecule has 0 radical (unpaired) electrons. The van der Waals surface area contributed by atoms with Gasteiger partial charge in [-0.3, -0.25) is 24.2 Å². The van der Waals surface area contributed by atoms with Gasteiger partial charge in [0.2, 0.25) is 0 Å². The minimum atomic E-state index is -4.80. The van der Waals surface area contributed by atoms with Crippen molar-refractivity contribution >= 4 is 46.4 Å². The highest BCUT2D eigenvalue weighted by Gasteiger charge is 2.50. The van der Waals surface area contributed by atoms with E-state index in [0.29, 0.717) is 22.4 Å². The number of fused-ring (bicyclic) bond motifs is 1. The lowest BCUT2D eigenvalue weighted by atomic mass is 10.0. The van der Waals surface area contributed by atoms with E-state index in [1.54, 1.807) is 62.4 Å². The first-order chi connectivity index (χ1) is 18.4. The number of amides is 3. The van der Waals surface area contributed by atoms with Crippen molar-refractivity contribution in [1.29, 1.82) is 5.26 Å². The van der Waals surface area contributed by atoms with Crippen LogP contribution in [-0.4, -0.2) is 33.3 Å². The van der Waals surface area contributed by atoms with Crippen LogP contribution in [0.2, 0.25) is 0 Å². The Hall–Kier alpha value is -4.56. The Kier molecular flexibility index (Phi) is 6.03. The lowest BCUT2D eigenvalue weighted by molar-refractivity contribution is -0.137. The zero-order valence-corrected chi connectivity index (χ0v) is 21.4. The Morgan fingerprint density at radius 3 is 2.00 bits per heavy atom. The van der Waals surface area contributed by atoms with Gasteiger partial charge in [-0.25, -0.2) is 0 Å². The molecule has 0 saturated carbocycles. The number of nitriles is 1. The number of alkyl halides is 3. The van der Waals surface area contributed by atoms with Crippen molar-refractivity contribution in [2.75, 3.05) is 9.80 Å². The van der Waals surface area contributed by atoms with Gasteiger partial charge in [0.1, 0.15) is 5.54 Å². The number of halogens is 3. The molecule has 196 valence electrons. The molecule has 1 fully saturated rings. The van der Waals surface area contributed by atoms with E-state index in [1.165, 1.54) is 17.0 Å². The second-order valence-electron chi connectivity index (χ2n) is 9.57. The molecule has 2 aliphatic heterocycles. The first kappa shape index (κ1) is 26.1. The molecule has 5 rings (SSSR count). The molecular weight excluding hydrogens is 529 g/mol. The van der Waals surface area contributed by atoms with E-state index in [2.05, 4.69) is 0 Å². The average molecular weight is 549 g/mol. The quantitative estimate of drug-likeness (QED) is 0.326. The van der Waals surface area contributed by atoms with Gasteiger partial charge < -0.3 is 4.90 Å². The number of nitrogens with zero attached hydrogens (tertiary/aromatic N) is 4. The molecule has 2 heterocycles. The monoisotopic (exact) mass is 548 g/mol. The molecule has 2 aliphatic rings. The minimum Gasteiger partial charge on any atom is -0.304 e. The maximum absolute atomic E-state index is 13.6. The Morgan fingerprint density at radius 2 is 1.46 bits per heavy atom. The predicted octanol–water partition coefficient (Wildman–Crippen LogP) is 5.29. The number of imide groups is 1. The van der Waals surface area contributed by atoms with E-state index in [4.69, 9.17) is 17.5 Å². The van der Waals surface area contributed by atoms with Gasteiger partial charge in [0.25, 0.3) is 17.7 Å². The Morgan fingerprint density at radius 1 is 0.897 bits per heavy atom. The largest absolute Gasteiger partial charge is 0.417 e. The van der Waals surface area contributed by atoms with Crippen LogP contribution in [0.25, 0.3) is 0 Å². The first-order valence-electron chi connectivity index (χ1n) is 11.7. The third kappa shape index (κ3) is 4.13. The Labute approximate surface area is 226 Å². The predicted molar refractivity (Wildman–Crippen MR) is 140 cm³/mol. The average Bonchev–Trinajstić information content (AvgIpc) is 3.24. The Balaban J connectivity index is 1.42. The van der Waals surface area contributed by atoms with Crippen LogP contribution in [0.3, 0.4) is 0 Å². The third-order valence-electron chi connectivity index (χ3n) is 6.77. The molecule has 3 amide bonds. The number of hydrogen-bond acceptors (Lipinski definition) is 5. The van der Waals surface area contributed by atoms with E-state index < -0.39 is 28.7 Å². The summed E-state index contributed by atoms with van der Waals surface area (Å²) in [7, 11) is 0. The van der Waals surface area contributed by atoms with Gasteiger partial charge >= 0.3 is 6.18 Å². The molecule has 0 unspecified atom stereocenters. The van der Waals surface area contributed by atoms with Gasteiger partial charge in [0, 0.05) is 5.69 Å². The molecule has 7 nitrogen and oxygen atoms in total. The molecular formula is C28H19F3N4O3S. The summed E-state index contributed by atoms with van der Waals surface area (Å²) in [4.78, 5) is 42.5. The smallest absolute Gasteiger partial charge is 0.304 e. The molecule has 0 bridgehead atoms. The van der Waals surface area contributed by atoms with Crippen molar-refractivity contribution in [3.63, 3.8) is 0 Å². The van der Waals surface area contributed by atoms with E-state index >= 15 is 0 Å². The molecule has 3 aromatic rings. The molecule has 0 spiro atoms. The summed E-state index contributed by atoms with van der Waals surface area (Å²) in [6, 6.07) is 17.8. The highest BCUT2D eigenvalue weighted by atomic mass is 32.1. The highest BCUT2D eigenvalue weighted by molar-refractivity contribution is 7.81. The van der Waals surface area contributed by atoms with Crippen LogP contribution in [0.5, 0.6) is 0 Å². The second kappa shape index (κ2) is 9.03. The van der Waals surface area contributed by atoms with Gasteiger partial charge in [0.15, 0.2) is 5.11 Å². The topological polar surface area (TPSA) is 84.7 Å². The lowest BCUT2D eigenvalue weighted by Gasteiger charge is -2.29. The molecule has 0 N–H and O–H groups in total. The molecule has 11 heteroatoms. The van der Waals surface area contributed by atoms with E-state index in [0.717, 1.165) is 21.9 Å². The number of benzene rings is 3. The zero-order valence-electron chi connectivity index (χ0n) is 20.6. The van der Waals surface area contributed by atoms with Gasteiger partial charge in [-0.1, -0.05) is 24.3 Å². The number of carbonyl (C=O) groups excluding carboxylic acids is 3. The maximum Gasteiger partial charge on any atom is 0.417 e. The van der Waals surface area contributed by atoms with Crippen molar-refractivity contribution in [3.05, 3.63) is 94.5 Å². The molecule has 0 aromatic heterocycles. The fourth-order valence-corrected chi connectivity index (χ4v) is 5.30. The number of thiocarbonyl (C=S) groups is 1. The normalized spacial score (nSPS) is 16.7. The standard InChI is InChI=1S/C28H19F3N4O3S/c1-27(2)25(38)34(19-12-9-17(14-32)22(13-19)28(29,30)31)26(39)35(27)18-10-7-16(8-11-18)15-33-23(36)20-5-3-4-6-21(20)24(33)37/h3-13H,15H2,1-2H3. The van der Waals surface area contributed by atoms with Gasteiger partial charge in [-0.15, -0.1) is 0 Å². The number of anilines is 2. The summed E-state index contributed by atoms with van der Waals surface area (Å²) >= 11 is 5.56. The summed E-state index contributed by atoms with van der Waals surface area (Å²) in [5, 5.41) is 9.07. The zero-order chi connectivity index (χ0) is 28.3.